The summed E-state index contributed by atoms with van der Waals surface area (Å²) in [6.45, 7) is 2.62. The van der Waals surface area contributed by atoms with Gasteiger partial charge in [0.25, 0.3) is 0 Å². The van der Waals surface area contributed by atoms with Crippen molar-refractivity contribution in [2.75, 3.05) is 30.4 Å². The highest BCUT2D eigenvalue weighted by Gasteiger charge is 2.17. The summed E-state index contributed by atoms with van der Waals surface area (Å²) in [6.07, 6.45) is 10.2. The molecule has 2 aliphatic rings. The van der Waals surface area contributed by atoms with E-state index in [0.717, 1.165) is 60.0 Å². The average Bonchev–Trinajstić information content (AvgIpc) is 2.76. The quantitative estimate of drug-likeness (QED) is 0.521. The van der Waals surface area contributed by atoms with Gasteiger partial charge in [-0.2, -0.15) is 0 Å². The second kappa shape index (κ2) is 10.1. The van der Waals surface area contributed by atoms with Crippen LogP contribution in [0.25, 0.3) is 11.3 Å². The minimum absolute atomic E-state index is 0.495. The predicted octanol–water partition coefficient (Wildman–Crippen LogP) is 6.14. The van der Waals surface area contributed by atoms with Crippen LogP contribution in [-0.2, 0) is 4.74 Å². The van der Waals surface area contributed by atoms with Gasteiger partial charge in [-0.1, -0.05) is 30.9 Å². The highest BCUT2D eigenvalue weighted by atomic mass is 79.9. The van der Waals surface area contributed by atoms with Crippen LogP contribution in [0.15, 0.2) is 28.9 Å². The van der Waals surface area contributed by atoms with Crippen molar-refractivity contribution >= 4 is 39.2 Å². The van der Waals surface area contributed by atoms with Crippen LogP contribution in [-0.4, -0.2) is 35.8 Å². The van der Waals surface area contributed by atoms with E-state index < -0.39 is 0 Å². The Morgan fingerprint density at radius 3 is 2.66 bits per heavy atom. The zero-order valence-corrected chi connectivity index (χ0v) is 18.9. The third-order valence-electron chi connectivity index (χ3n) is 5.83. The Hall–Kier alpha value is -1.37. The normalized spacial score (nSPS) is 18.6. The molecule has 3 heterocycles. The van der Waals surface area contributed by atoms with Gasteiger partial charge in [-0.05, 0) is 65.7 Å². The average molecular weight is 480 g/mol. The van der Waals surface area contributed by atoms with E-state index in [2.05, 4.69) is 31.5 Å². The number of aromatic nitrogens is 2. The number of pyridine rings is 2. The van der Waals surface area contributed by atoms with E-state index in [1.54, 1.807) is 6.20 Å². The minimum atomic E-state index is 0.495. The second-order valence-corrected chi connectivity index (χ2v) is 9.25. The molecule has 0 bridgehead atoms. The Balaban J connectivity index is 1.50. The van der Waals surface area contributed by atoms with Gasteiger partial charge in [-0.3, -0.25) is 0 Å². The standard InChI is InChI=1S/C22H28BrClN4O/c23-18-6-7-20(25-13-15-8-10-29-11-9-15)28-22(18)17-12-21(26-14-19(17)24)27-16-4-2-1-3-5-16/h6-7,12,14-16H,1-5,8-11,13H2,(H,25,28)(H,26,27). The summed E-state index contributed by atoms with van der Waals surface area (Å²) in [5, 5.41) is 7.68. The molecular formula is C22H28BrClN4O. The van der Waals surface area contributed by atoms with Crippen molar-refractivity contribution in [1.82, 2.24) is 9.97 Å². The molecule has 0 atom stereocenters. The molecule has 0 radical (unpaired) electrons. The third-order valence-corrected chi connectivity index (χ3v) is 6.77. The van der Waals surface area contributed by atoms with Crippen molar-refractivity contribution < 1.29 is 4.74 Å². The Morgan fingerprint density at radius 1 is 1.07 bits per heavy atom. The maximum Gasteiger partial charge on any atom is 0.126 e. The van der Waals surface area contributed by atoms with Crippen molar-refractivity contribution in [2.24, 2.45) is 5.92 Å². The zero-order valence-electron chi connectivity index (χ0n) is 16.6. The molecule has 29 heavy (non-hydrogen) atoms. The monoisotopic (exact) mass is 478 g/mol. The lowest BCUT2D eigenvalue weighted by Gasteiger charge is -2.23. The van der Waals surface area contributed by atoms with Gasteiger partial charge in [0.15, 0.2) is 0 Å². The van der Waals surface area contributed by atoms with Crippen LogP contribution in [0.4, 0.5) is 11.6 Å². The first kappa shape index (κ1) is 20.9. The number of ether oxygens (including phenoxy) is 1. The molecule has 4 rings (SSSR count). The first-order chi connectivity index (χ1) is 14.2. The van der Waals surface area contributed by atoms with Gasteiger partial charge in [0.05, 0.1) is 10.7 Å². The molecule has 1 aliphatic carbocycles. The predicted molar refractivity (Wildman–Crippen MR) is 123 cm³/mol. The summed E-state index contributed by atoms with van der Waals surface area (Å²) in [5.74, 6) is 2.36. The van der Waals surface area contributed by atoms with Crippen LogP contribution in [0.2, 0.25) is 5.02 Å². The lowest BCUT2D eigenvalue weighted by Crippen LogP contribution is -2.23. The highest BCUT2D eigenvalue weighted by Crippen LogP contribution is 2.34. The van der Waals surface area contributed by atoms with Crippen LogP contribution in [0.1, 0.15) is 44.9 Å². The molecule has 2 fully saturated rings. The van der Waals surface area contributed by atoms with Crippen molar-refractivity contribution in [3.63, 3.8) is 0 Å². The number of hydrogen-bond acceptors (Lipinski definition) is 5. The zero-order chi connectivity index (χ0) is 20.1. The van der Waals surface area contributed by atoms with Crippen molar-refractivity contribution in [1.29, 1.82) is 0 Å². The molecule has 2 aromatic heterocycles. The molecule has 0 amide bonds. The molecule has 7 heteroatoms. The van der Waals surface area contributed by atoms with Gasteiger partial charge in [0.2, 0.25) is 0 Å². The molecule has 0 spiro atoms. The molecule has 156 valence electrons. The number of rotatable bonds is 6. The lowest BCUT2D eigenvalue weighted by molar-refractivity contribution is 0.0699. The van der Waals surface area contributed by atoms with E-state index in [4.69, 9.17) is 21.3 Å². The first-order valence-electron chi connectivity index (χ1n) is 10.6. The number of hydrogen-bond donors (Lipinski definition) is 2. The van der Waals surface area contributed by atoms with E-state index >= 15 is 0 Å². The molecule has 2 aromatic rings. The number of nitrogens with zero attached hydrogens (tertiary/aromatic N) is 2. The summed E-state index contributed by atoms with van der Waals surface area (Å²) in [5.41, 5.74) is 1.72. The Morgan fingerprint density at radius 2 is 1.86 bits per heavy atom. The summed E-state index contributed by atoms with van der Waals surface area (Å²) in [7, 11) is 0. The van der Waals surface area contributed by atoms with E-state index in [0.29, 0.717) is 17.0 Å². The van der Waals surface area contributed by atoms with Gasteiger partial charge in [0.1, 0.15) is 11.6 Å². The minimum Gasteiger partial charge on any atom is -0.381 e. The molecular weight excluding hydrogens is 452 g/mol. The molecule has 2 N–H and O–H groups in total. The van der Waals surface area contributed by atoms with Crippen LogP contribution in [0.5, 0.6) is 0 Å². The van der Waals surface area contributed by atoms with Gasteiger partial charge in [-0.25, -0.2) is 9.97 Å². The van der Waals surface area contributed by atoms with E-state index in [1.165, 1.54) is 32.1 Å². The summed E-state index contributed by atoms with van der Waals surface area (Å²) < 4.78 is 6.37. The number of nitrogens with one attached hydrogen (secondary N) is 2. The summed E-state index contributed by atoms with van der Waals surface area (Å²) >= 11 is 10.2. The fourth-order valence-electron chi connectivity index (χ4n) is 4.08. The number of halogens is 2. The topological polar surface area (TPSA) is 59.1 Å². The van der Waals surface area contributed by atoms with Gasteiger partial charge < -0.3 is 15.4 Å². The molecule has 1 saturated heterocycles. The van der Waals surface area contributed by atoms with Crippen LogP contribution in [0, 0.1) is 5.92 Å². The SMILES string of the molecule is Clc1cnc(NC2CCCCC2)cc1-c1nc(NCC2CCOCC2)ccc1Br. The molecule has 5 nitrogen and oxygen atoms in total. The maximum atomic E-state index is 6.51. The second-order valence-electron chi connectivity index (χ2n) is 7.99. The first-order valence-corrected chi connectivity index (χ1v) is 11.8. The molecule has 1 saturated carbocycles. The van der Waals surface area contributed by atoms with Crippen molar-refractivity contribution in [3.8, 4) is 11.3 Å². The Bertz CT molecular complexity index is 822. The van der Waals surface area contributed by atoms with Gasteiger partial charge in [0, 0.05) is 42.0 Å². The van der Waals surface area contributed by atoms with E-state index in [9.17, 15) is 0 Å². The molecule has 0 aromatic carbocycles. The van der Waals surface area contributed by atoms with E-state index in [-0.39, 0.29) is 0 Å². The van der Waals surface area contributed by atoms with Crippen molar-refractivity contribution in [3.05, 3.63) is 33.9 Å². The smallest absolute Gasteiger partial charge is 0.126 e. The summed E-state index contributed by atoms with van der Waals surface area (Å²) in [4.78, 5) is 9.34. The maximum absolute atomic E-state index is 6.51. The molecule has 1 aliphatic heterocycles. The fraction of sp³-hybridized carbons (Fsp3) is 0.545. The van der Waals surface area contributed by atoms with E-state index in [1.807, 2.05) is 18.2 Å². The van der Waals surface area contributed by atoms with Crippen molar-refractivity contribution in [2.45, 2.75) is 51.0 Å². The Kier molecular flexibility index (Phi) is 7.27. The molecule has 0 unspecified atom stereocenters. The van der Waals surface area contributed by atoms with Gasteiger partial charge in [-0.15, -0.1) is 0 Å². The van der Waals surface area contributed by atoms with Crippen LogP contribution in [0.3, 0.4) is 0 Å². The summed E-state index contributed by atoms with van der Waals surface area (Å²) in [6, 6.07) is 6.55. The van der Waals surface area contributed by atoms with Crippen LogP contribution < -0.4 is 10.6 Å². The lowest BCUT2D eigenvalue weighted by atomic mass is 9.95. The highest BCUT2D eigenvalue weighted by molar-refractivity contribution is 9.10. The largest absolute Gasteiger partial charge is 0.381 e. The fourth-order valence-corrected chi connectivity index (χ4v) is 4.71. The van der Waals surface area contributed by atoms with Gasteiger partial charge >= 0.3 is 0 Å². The third kappa shape index (κ3) is 5.62. The van der Waals surface area contributed by atoms with Crippen LogP contribution >= 0.6 is 27.5 Å². The Labute approximate surface area is 186 Å². The number of anilines is 2.